The van der Waals surface area contributed by atoms with Crippen molar-refractivity contribution in [3.63, 3.8) is 0 Å². The summed E-state index contributed by atoms with van der Waals surface area (Å²) < 4.78 is 68.3. The molecule has 0 bridgehead atoms. The number of carbonyl (C=O) groups is 4. The van der Waals surface area contributed by atoms with Crippen molar-refractivity contribution in [1.82, 2.24) is 0 Å². The molecule has 0 aromatic carbocycles. The zero-order valence-corrected chi connectivity index (χ0v) is 59.7. The van der Waals surface area contributed by atoms with Crippen molar-refractivity contribution in [2.45, 2.75) is 355 Å². The summed E-state index contributed by atoms with van der Waals surface area (Å²) in [5, 5.41) is 10.6. The van der Waals surface area contributed by atoms with E-state index in [1.165, 1.54) is 141 Å². The highest BCUT2D eigenvalue weighted by molar-refractivity contribution is 7.47. The Hall–Kier alpha value is -2.46. The number of phosphoric ester groups is 2. The first kappa shape index (κ1) is 87.5. The van der Waals surface area contributed by atoms with Gasteiger partial charge in [-0.2, -0.15) is 0 Å². The molecule has 530 valence electrons. The van der Waals surface area contributed by atoms with E-state index in [0.717, 1.165) is 115 Å². The smallest absolute Gasteiger partial charge is 0.462 e. The number of esters is 4. The summed E-state index contributed by atoms with van der Waals surface area (Å²) in [5.74, 6) is -0.631. The number of ether oxygens (including phenoxy) is 4. The van der Waals surface area contributed by atoms with Crippen molar-refractivity contribution in [3.05, 3.63) is 24.3 Å². The number of allylic oxidation sites excluding steroid dienone is 4. The second kappa shape index (κ2) is 62.6. The molecule has 0 rings (SSSR count). The molecule has 0 fully saturated rings. The minimum absolute atomic E-state index is 0.0846. The van der Waals surface area contributed by atoms with Crippen molar-refractivity contribution >= 4 is 39.5 Å². The topological polar surface area (TPSA) is 237 Å². The van der Waals surface area contributed by atoms with Gasteiger partial charge in [-0.25, -0.2) is 9.13 Å². The summed E-state index contributed by atoms with van der Waals surface area (Å²) >= 11 is 0. The first-order valence-corrected chi connectivity index (χ1v) is 39.3. The van der Waals surface area contributed by atoms with Gasteiger partial charge in [0, 0.05) is 25.7 Å². The van der Waals surface area contributed by atoms with E-state index in [-0.39, 0.29) is 25.7 Å². The maximum absolute atomic E-state index is 13.0. The third-order valence-corrected chi connectivity index (χ3v) is 18.1. The van der Waals surface area contributed by atoms with Crippen LogP contribution in [0.1, 0.15) is 337 Å². The lowest BCUT2D eigenvalue weighted by atomic mass is 9.99. The molecule has 17 nitrogen and oxygen atoms in total. The lowest BCUT2D eigenvalue weighted by molar-refractivity contribution is -0.161. The van der Waals surface area contributed by atoms with E-state index >= 15 is 0 Å². The van der Waals surface area contributed by atoms with Gasteiger partial charge in [-0.15, -0.1) is 0 Å². The van der Waals surface area contributed by atoms with Gasteiger partial charge in [-0.05, 0) is 63.2 Å². The van der Waals surface area contributed by atoms with Crippen LogP contribution in [0.5, 0.6) is 0 Å². The van der Waals surface area contributed by atoms with Crippen LogP contribution in [0.15, 0.2) is 24.3 Å². The molecule has 0 aliphatic rings. The van der Waals surface area contributed by atoms with Crippen molar-refractivity contribution < 1.29 is 80.2 Å². The average Bonchev–Trinajstić information content (AvgIpc) is 3.44. The van der Waals surface area contributed by atoms with Crippen LogP contribution in [0, 0.1) is 11.8 Å². The molecule has 0 spiro atoms. The lowest BCUT2D eigenvalue weighted by Crippen LogP contribution is -2.30. The van der Waals surface area contributed by atoms with Crippen molar-refractivity contribution in [2.24, 2.45) is 11.8 Å². The van der Waals surface area contributed by atoms with Crippen LogP contribution in [0.4, 0.5) is 0 Å². The Kier molecular flexibility index (Phi) is 60.9. The molecule has 6 atom stereocenters. The average molecular weight is 1320 g/mol. The Morgan fingerprint density at radius 1 is 0.367 bits per heavy atom. The van der Waals surface area contributed by atoms with Crippen LogP contribution in [0.3, 0.4) is 0 Å². The van der Waals surface area contributed by atoms with Gasteiger partial charge >= 0.3 is 39.5 Å². The van der Waals surface area contributed by atoms with Crippen molar-refractivity contribution in [2.75, 3.05) is 39.6 Å². The quantitative estimate of drug-likeness (QED) is 0.0169. The highest BCUT2D eigenvalue weighted by atomic mass is 31.2. The summed E-state index contributed by atoms with van der Waals surface area (Å²) in [7, 11) is -9.91. The molecular formula is C71H134O17P2. The molecule has 0 saturated heterocycles. The summed E-state index contributed by atoms with van der Waals surface area (Å²) in [6, 6.07) is 0. The SMILES string of the molecule is CCCCCC/C=C\C=C/CCCCCCCC(=O)O[C@H](COC(=O)CCCCCCCCCCCCC(C)C)COP(=O)(O)OC[C@@H](O)COP(=O)(O)OC[C@@H](COC(=O)CCCCCCCCCCCC)OC(=O)CCCCCCCCCCC(C)CC. The van der Waals surface area contributed by atoms with Gasteiger partial charge < -0.3 is 33.8 Å². The number of unbranched alkanes of at least 4 members (excludes halogenated alkanes) is 34. The Labute approximate surface area is 548 Å². The number of rotatable bonds is 68. The fraction of sp³-hybridized carbons (Fsp3) is 0.887. The van der Waals surface area contributed by atoms with Crippen LogP contribution in [-0.2, 0) is 65.4 Å². The second-order valence-electron chi connectivity index (χ2n) is 25.7. The van der Waals surface area contributed by atoms with Crippen molar-refractivity contribution in [3.8, 4) is 0 Å². The van der Waals surface area contributed by atoms with Crippen LogP contribution in [0.25, 0.3) is 0 Å². The van der Waals surface area contributed by atoms with Gasteiger partial charge in [0.1, 0.15) is 19.3 Å². The van der Waals surface area contributed by atoms with Crippen LogP contribution in [0.2, 0.25) is 0 Å². The predicted octanol–water partition coefficient (Wildman–Crippen LogP) is 19.9. The Morgan fingerprint density at radius 2 is 0.656 bits per heavy atom. The lowest BCUT2D eigenvalue weighted by Gasteiger charge is -2.21. The van der Waals surface area contributed by atoms with Crippen LogP contribution in [-0.4, -0.2) is 96.7 Å². The summed E-state index contributed by atoms with van der Waals surface area (Å²) in [4.78, 5) is 72.5. The van der Waals surface area contributed by atoms with Gasteiger partial charge in [0.15, 0.2) is 12.2 Å². The standard InChI is InChI=1S/C71H134O17P2/c1-7-10-12-14-16-18-20-21-22-23-24-30-37-43-49-55-70(75)87-66(59-82-69(74)54-48-42-36-29-26-25-27-33-39-45-51-63(4)5)61-85-89(77,78)83-57-65(72)58-84-90(79,80)86-62-67(60-81-68(73)53-47-41-35-28-19-17-15-13-11-8-2)88-71(76)56-50-44-38-32-31-34-40-46-52-64(6)9-3/h18,20-22,63-67,72H,7-17,19,23-62H2,1-6H3,(H,77,78)(H,79,80)/b20-18-,22-21-/t64?,65-,66-,67-/m1/s1. The number of aliphatic hydroxyl groups is 1. The molecule has 0 aliphatic carbocycles. The molecule has 0 aromatic rings. The molecule has 3 unspecified atom stereocenters. The van der Waals surface area contributed by atoms with E-state index in [1.807, 2.05) is 0 Å². The molecule has 90 heavy (non-hydrogen) atoms. The number of hydrogen-bond donors (Lipinski definition) is 3. The Bertz CT molecular complexity index is 1850. The summed E-state index contributed by atoms with van der Waals surface area (Å²) in [5.41, 5.74) is 0. The highest BCUT2D eigenvalue weighted by Crippen LogP contribution is 2.45. The van der Waals surface area contributed by atoms with Gasteiger partial charge in [-0.3, -0.25) is 37.3 Å². The molecule has 0 aliphatic heterocycles. The molecule has 0 heterocycles. The summed E-state index contributed by atoms with van der Waals surface area (Å²) in [6.07, 6.45) is 50.6. The second-order valence-corrected chi connectivity index (χ2v) is 28.6. The van der Waals surface area contributed by atoms with Gasteiger partial charge in [0.25, 0.3) is 0 Å². The van der Waals surface area contributed by atoms with E-state index in [9.17, 15) is 43.2 Å². The normalized spacial score (nSPS) is 14.6. The van der Waals surface area contributed by atoms with E-state index in [1.54, 1.807) is 0 Å². The van der Waals surface area contributed by atoms with E-state index in [4.69, 9.17) is 37.0 Å². The number of carbonyl (C=O) groups excluding carboxylic acids is 4. The number of hydrogen-bond acceptors (Lipinski definition) is 15. The highest BCUT2D eigenvalue weighted by Gasteiger charge is 2.30. The largest absolute Gasteiger partial charge is 0.472 e. The van der Waals surface area contributed by atoms with Crippen molar-refractivity contribution in [1.29, 1.82) is 0 Å². The van der Waals surface area contributed by atoms with Crippen LogP contribution < -0.4 is 0 Å². The summed E-state index contributed by atoms with van der Waals surface area (Å²) in [6.45, 7) is 9.47. The third-order valence-electron chi connectivity index (χ3n) is 16.2. The molecule has 0 saturated carbocycles. The molecular weight excluding hydrogens is 1190 g/mol. The molecule has 3 N–H and O–H groups in total. The minimum Gasteiger partial charge on any atom is -0.462 e. The fourth-order valence-electron chi connectivity index (χ4n) is 10.2. The fourth-order valence-corrected chi connectivity index (χ4v) is 11.8. The minimum atomic E-state index is -4.96. The predicted molar refractivity (Wildman–Crippen MR) is 363 cm³/mol. The molecule has 19 heteroatoms. The number of aliphatic hydroxyl groups excluding tert-OH is 1. The molecule has 0 amide bonds. The van der Waals surface area contributed by atoms with Gasteiger partial charge in [-0.1, -0.05) is 284 Å². The maximum atomic E-state index is 13.0. The first-order valence-electron chi connectivity index (χ1n) is 36.3. The zero-order valence-electron chi connectivity index (χ0n) is 57.9. The van der Waals surface area contributed by atoms with E-state index in [2.05, 4.69) is 65.8 Å². The molecule has 0 radical (unpaired) electrons. The Balaban J connectivity index is 5.30. The van der Waals surface area contributed by atoms with Gasteiger partial charge in [0.2, 0.25) is 0 Å². The molecule has 0 aromatic heterocycles. The number of phosphoric acid groups is 2. The van der Waals surface area contributed by atoms with Gasteiger partial charge in [0.05, 0.1) is 26.4 Å². The van der Waals surface area contributed by atoms with E-state index in [0.29, 0.717) is 25.7 Å². The van der Waals surface area contributed by atoms with Crippen LogP contribution >= 0.6 is 15.6 Å². The maximum Gasteiger partial charge on any atom is 0.472 e. The van der Waals surface area contributed by atoms with E-state index < -0.39 is 97.5 Å². The zero-order chi connectivity index (χ0) is 66.5. The Morgan fingerprint density at radius 3 is 1.00 bits per heavy atom. The third kappa shape index (κ3) is 63.0. The first-order chi connectivity index (χ1) is 43.4. The monoisotopic (exact) mass is 1320 g/mol.